The van der Waals surface area contributed by atoms with E-state index >= 15 is 0 Å². The number of anilines is 1. The number of ether oxygens (including phenoxy) is 2. The Morgan fingerprint density at radius 1 is 0.912 bits per heavy atom. The van der Waals surface area contributed by atoms with Crippen LogP contribution in [0.3, 0.4) is 0 Å². The molecule has 1 unspecified atom stereocenters. The zero-order valence-electron chi connectivity index (χ0n) is 18.1. The maximum atomic E-state index is 13.1. The molecule has 8 nitrogen and oxygen atoms in total. The molecule has 2 aromatic rings. The number of carbonyl (C=O) groups excluding carboxylic acids is 4. The Morgan fingerprint density at radius 3 is 1.85 bits per heavy atom. The third-order valence-electron chi connectivity index (χ3n) is 5.00. The van der Waals surface area contributed by atoms with Crippen molar-refractivity contribution in [2.75, 3.05) is 19.0 Å². The molecule has 3 rings (SSSR count). The predicted octanol–water partition coefficient (Wildman–Crippen LogP) is 5.11. The summed E-state index contributed by atoms with van der Waals surface area (Å²) in [4.78, 5) is 52.0. The summed E-state index contributed by atoms with van der Waals surface area (Å²) in [5.74, 6) is -3.28. The fraction of sp³-hybridized carbons (Fsp3) is 0.273. The lowest BCUT2D eigenvalue weighted by molar-refractivity contribution is -0.152. The summed E-state index contributed by atoms with van der Waals surface area (Å²) in [7, 11) is 1.51. The van der Waals surface area contributed by atoms with Crippen LogP contribution in [-0.4, -0.2) is 48.3 Å². The van der Waals surface area contributed by atoms with Crippen LogP contribution in [0.25, 0.3) is 0 Å². The van der Waals surface area contributed by atoms with Crippen LogP contribution in [-0.2, 0) is 14.3 Å². The van der Waals surface area contributed by atoms with Gasteiger partial charge >= 0.3 is 5.97 Å². The molecule has 0 fully saturated rings. The number of methoxy groups -OCH3 is 1. The first-order valence-electron chi connectivity index (χ1n) is 9.83. The minimum atomic E-state index is -1.36. The molecule has 1 aliphatic heterocycles. The van der Waals surface area contributed by atoms with E-state index in [1.165, 1.54) is 7.11 Å². The summed E-state index contributed by atoms with van der Waals surface area (Å²) in [5, 5.41) is 1.69. The van der Waals surface area contributed by atoms with Crippen LogP contribution in [0.5, 0.6) is 5.75 Å². The van der Waals surface area contributed by atoms with Crippen LogP contribution in [0, 0.1) is 5.92 Å². The van der Waals surface area contributed by atoms with E-state index in [1.54, 1.807) is 38.1 Å². The van der Waals surface area contributed by atoms with Gasteiger partial charge in [0.25, 0.3) is 17.7 Å². The minimum Gasteiger partial charge on any atom is -0.497 e. The second kappa shape index (κ2) is 10.4. The van der Waals surface area contributed by atoms with E-state index < -0.39 is 42.3 Å². The highest BCUT2D eigenvalue weighted by Gasteiger charge is 2.48. The largest absolute Gasteiger partial charge is 0.497 e. The molecule has 3 amide bonds. The van der Waals surface area contributed by atoms with Gasteiger partial charge in [0, 0.05) is 5.69 Å². The minimum absolute atomic E-state index is 0.186. The lowest BCUT2D eigenvalue weighted by Crippen LogP contribution is -2.49. The molecule has 0 aromatic heterocycles. The average Bonchev–Trinajstić information content (AvgIpc) is 3.05. The highest BCUT2D eigenvalue weighted by molar-refractivity contribution is 6.55. The zero-order chi connectivity index (χ0) is 25.3. The molecule has 34 heavy (non-hydrogen) atoms. The van der Waals surface area contributed by atoms with Crippen molar-refractivity contribution in [1.29, 1.82) is 0 Å². The van der Waals surface area contributed by atoms with E-state index in [1.807, 2.05) is 0 Å². The quantitative estimate of drug-likeness (QED) is 0.223. The monoisotopic (exact) mass is 546 g/mol. The normalized spacial score (nSPS) is 13.7. The van der Waals surface area contributed by atoms with Crippen molar-refractivity contribution in [2.24, 2.45) is 5.92 Å². The number of benzene rings is 2. The maximum absolute atomic E-state index is 13.1. The van der Waals surface area contributed by atoms with Crippen LogP contribution in [0.15, 0.2) is 24.3 Å². The number of hydrogen-bond acceptors (Lipinski definition) is 6. The van der Waals surface area contributed by atoms with Gasteiger partial charge in [-0.1, -0.05) is 60.3 Å². The number of esters is 1. The molecule has 1 N–H and O–H groups in total. The number of imide groups is 1. The number of fused-ring (bicyclic) bond motifs is 1. The fourth-order valence-electron chi connectivity index (χ4n) is 3.39. The van der Waals surface area contributed by atoms with Gasteiger partial charge in [-0.2, -0.15) is 0 Å². The second-order valence-corrected chi connectivity index (χ2v) is 9.07. The lowest BCUT2D eigenvalue weighted by atomic mass is 10.0. The molecular weight excluding hydrogens is 530 g/mol. The van der Waals surface area contributed by atoms with Crippen molar-refractivity contribution in [2.45, 2.75) is 19.9 Å². The van der Waals surface area contributed by atoms with Gasteiger partial charge in [-0.05, 0) is 30.2 Å². The molecule has 2 aromatic carbocycles. The van der Waals surface area contributed by atoms with Gasteiger partial charge in [0.05, 0.1) is 38.3 Å². The van der Waals surface area contributed by atoms with Gasteiger partial charge in [0.15, 0.2) is 6.61 Å². The maximum Gasteiger partial charge on any atom is 0.330 e. The first-order chi connectivity index (χ1) is 16.0. The summed E-state index contributed by atoms with van der Waals surface area (Å²) in [5.41, 5.74) is -0.0378. The number of nitrogens with one attached hydrogen (secondary N) is 1. The van der Waals surface area contributed by atoms with Crippen LogP contribution >= 0.6 is 46.4 Å². The van der Waals surface area contributed by atoms with Crippen molar-refractivity contribution >= 4 is 75.8 Å². The van der Waals surface area contributed by atoms with Gasteiger partial charge < -0.3 is 14.8 Å². The zero-order valence-corrected chi connectivity index (χ0v) is 21.1. The molecule has 1 aliphatic rings. The Hall–Kier alpha value is -2.52. The molecule has 1 atom stereocenters. The standard InChI is InChI=1S/C22H18Cl4N2O6/c1-9(2)19(22(32)34-8-12(29)27-10-4-6-11(33-3)7-5-10)28-20(30)13-14(21(28)31)16(24)18(26)17(25)15(13)23/h4-7,9,19H,8H2,1-3H3,(H,27,29). The van der Waals surface area contributed by atoms with E-state index in [0.29, 0.717) is 16.3 Å². The van der Waals surface area contributed by atoms with Crippen LogP contribution < -0.4 is 10.1 Å². The number of carbonyl (C=O) groups is 4. The smallest absolute Gasteiger partial charge is 0.330 e. The third-order valence-corrected chi connectivity index (χ3v) is 6.80. The number of halogens is 4. The number of hydrogen-bond donors (Lipinski definition) is 1. The van der Waals surface area contributed by atoms with Crippen molar-refractivity contribution < 1.29 is 28.7 Å². The number of nitrogens with zero attached hydrogens (tertiary/aromatic N) is 1. The van der Waals surface area contributed by atoms with Crippen LogP contribution in [0.1, 0.15) is 34.6 Å². The van der Waals surface area contributed by atoms with E-state index in [9.17, 15) is 19.2 Å². The van der Waals surface area contributed by atoms with Gasteiger partial charge in [0.1, 0.15) is 11.8 Å². The van der Waals surface area contributed by atoms with Crippen molar-refractivity contribution in [3.8, 4) is 5.75 Å². The van der Waals surface area contributed by atoms with Crippen molar-refractivity contribution in [3.05, 3.63) is 55.5 Å². The predicted molar refractivity (Wildman–Crippen MR) is 128 cm³/mol. The molecule has 0 saturated heterocycles. The Balaban J connectivity index is 1.78. The van der Waals surface area contributed by atoms with Gasteiger partial charge in [-0.25, -0.2) is 4.79 Å². The van der Waals surface area contributed by atoms with E-state index in [-0.39, 0.29) is 31.2 Å². The molecule has 12 heteroatoms. The van der Waals surface area contributed by atoms with E-state index in [2.05, 4.69) is 5.32 Å². The average molecular weight is 548 g/mol. The van der Waals surface area contributed by atoms with E-state index in [4.69, 9.17) is 55.9 Å². The summed E-state index contributed by atoms with van der Waals surface area (Å²) in [6, 6.07) is 5.16. The van der Waals surface area contributed by atoms with Crippen molar-refractivity contribution in [3.63, 3.8) is 0 Å². The Labute approximate surface area is 215 Å². The SMILES string of the molecule is COc1ccc(NC(=O)COC(=O)C(C(C)C)N2C(=O)c3c(Cl)c(Cl)c(Cl)c(Cl)c3C2=O)cc1. The Bertz CT molecular complexity index is 1140. The van der Waals surface area contributed by atoms with E-state index in [0.717, 1.165) is 0 Å². The van der Waals surface area contributed by atoms with Crippen LogP contribution in [0.2, 0.25) is 20.1 Å². The highest BCUT2D eigenvalue weighted by Crippen LogP contribution is 2.45. The first-order valence-corrected chi connectivity index (χ1v) is 11.3. The highest BCUT2D eigenvalue weighted by atomic mass is 35.5. The molecular formula is C22H18Cl4N2O6. The molecule has 0 bridgehead atoms. The first kappa shape index (κ1) is 26.1. The summed E-state index contributed by atoms with van der Waals surface area (Å²) < 4.78 is 10.2. The number of rotatable bonds is 7. The summed E-state index contributed by atoms with van der Waals surface area (Å²) >= 11 is 24.4. The van der Waals surface area contributed by atoms with Gasteiger partial charge in [-0.3, -0.25) is 19.3 Å². The Kier molecular flexibility index (Phi) is 7.98. The van der Waals surface area contributed by atoms with Gasteiger partial charge in [-0.15, -0.1) is 0 Å². The molecule has 180 valence electrons. The summed E-state index contributed by atoms with van der Waals surface area (Å²) in [6.07, 6.45) is 0. The topological polar surface area (TPSA) is 102 Å². The number of amides is 3. The molecule has 0 aliphatic carbocycles. The van der Waals surface area contributed by atoms with Crippen molar-refractivity contribution in [1.82, 2.24) is 4.90 Å². The molecule has 0 saturated carbocycles. The second-order valence-electron chi connectivity index (χ2n) is 7.56. The van der Waals surface area contributed by atoms with Gasteiger partial charge in [0.2, 0.25) is 0 Å². The van der Waals surface area contributed by atoms with Crippen LogP contribution in [0.4, 0.5) is 5.69 Å². The lowest BCUT2D eigenvalue weighted by Gasteiger charge is -2.27. The fourth-order valence-corrected chi connectivity index (χ4v) is 4.40. The third kappa shape index (κ3) is 4.81. The molecule has 0 spiro atoms. The summed E-state index contributed by atoms with van der Waals surface area (Å²) in [6.45, 7) is 2.57. The molecule has 1 heterocycles. The Morgan fingerprint density at radius 2 is 1.41 bits per heavy atom. The molecule has 0 radical (unpaired) electrons.